The number of carbonyl (C=O) groups is 1. The van der Waals surface area contributed by atoms with E-state index in [2.05, 4.69) is 5.32 Å². The van der Waals surface area contributed by atoms with Gasteiger partial charge in [-0.1, -0.05) is 29.8 Å². The van der Waals surface area contributed by atoms with E-state index in [-0.39, 0.29) is 18.7 Å². The van der Waals surface area contributed by atoms with Crippen LogP contribution in [0.5, 0.6) is 17.2 Å². The molecule has 0 bridgehead atoms. The number of ether oxygens (including phenoxy) is 3. The van der Waals surface area contributed by atoms with E-state index in [0.717, 1.165) is 10.6 Å². The summed E-state index contributed by atoms with van der Waals surface area (Å²) in [5, 5.41) is 3.00. The summed E-state index contributed by atoms with van der Waals surface area (Å²) >= 11 is 6.07. The fourth-order valence-electron chi connectivity index (χ4n) is 3.18. The van der Waals surface area contributed by atoms with E-state index >= 15 is 0 Å². The van der Waals surface area contributed by atoms with Crippen LogP contribution in [-0.4, -0.2) is 41.4 Å². The van der Waals surface area contributed by atoms with Crippen molar-refractivity contribution >= 4 is 38.9 Å². The first-order valence-corrected chi connectivity index (χ1v) is 12.5. The molecule has 186 valence electrons. The van der Waals surface area contributed by atoms with Crippen LogP contribution in [0.25, 0.3) is 0 Å². The normalized spacial score (nSPS) is 11.0. The Balaban J connectivity index is 1.68. The van der Waals surface area contributed by atoms with E-state index in [9.17, 15) is 17.6 Å². The number of methoxy groups -OCH3 is 2. The first kappa shape index (κ1) is 26.1. The highest BCUT2D eigenvalue weighted by Crippen LogP contribution is 2.35. The van der Waals surface area contributed by atoms with Gasteiger partial charge in [0.15, 0.2) is 6.61 Å². The number of amides is 1. The van der Waals surface area contributed by atoms with Gasteiger partial charge < -0.3 is 19.5 Å². The van der Waals surface area contributed by atoms with Crippen LogP contribution in [0.3, 0.4) is 0 Å². The number of benzene rings is 3. The Morgan fingerprint density at radius 3 is 2.29 bits per heavy atom. The van der Waals surface area contributed by atoms with Gasteiger partial charge >= 0.3 is 0 Å². The second-order valence-corrected chi connectivity index (χ2v) is 9.69. The Morgan fingerprint density at radius 1 is 1.03 bits per heavy atom. The van der Waals surface area contributed by atoms with Gasteiger partial charge in [-0.15, -0.1) is 0 Å². The molecule has 35 heavy (non-hydrogen) atoms. The number of sulfonamides is 1. The van der Waals surface area contributed by atoms with Crippen LogP contribution in [-0.2, 0) is 21.4 Å². The van der Waals surface area contributed by atoms with E-state index in [1.807, 2.05) is 0 Å². The molecule has 3 aromatic carbocycles. The molecule has 3 aromatic rings. The molecule has 3 rings (SSSR count). The first-order chi connectivity index (χ1) is 16.6. The van der Waals surface area contributed by atoms with Crippen molar-refractivity contribution in [2.75, 3.05) is 36.7 Å². The van der Waals surface area contributed by atoms with Crippen LogP contribution in [0.1, 0.15) is 5.56 Å². The van der Waals surface area contributed by atoms with E-state index in [1.165, 1.54) is 68.8 Å². The summed E-state index contributed by atoms with van der Waals surface area (Å²) in [5.74, 6) is 0.0920. The van der Waals surface area contributed by atoms with Crippen molar-refractivity contribution in [1.82, 2.24) is 0 Å². The standard InChI is InChI=1S/C24H24ClFN2O6S/c1-32-22-13-21(23(33-2)12-19(22)25)27-24(29)15-34-18-10-8-17(9-11-18)28(35(3,30)31)14-16-6-4-5-7-20(16)26/h4-13H,14-15H2,1-3H3,(H,27,29). The lowest BCUT2D eigenvalue weighted by Gasteiger charge is -2.23. The second-order valence-electron chi connectivity index (χ2n) is 7.38. The lowest BCUT2D eigenvalue weighted by atomic mass is 10.2. The Bertz CT molecular complexity index is 1300. The van der Waals surface area contributed by atoms with E-state index < -0.39 is 21.7 Å². The molecule has 0 aliphatic rings. The van der Waals surface area contributed by atoms with Crippen molar-refractivity contribution in [3.63, 3.8) is 0 Å². The van der Waals surface area contributed by atoms with Crippen LogP contribution in [0.15, 0.2) is 60.7 Å². The minimum atomic E-state index is -3.69. The molecule has 0 aliphatic carbocycles. The average molecular weight is 523 g/mol. The third-order valence-corrected chi connectivity index (χ3v) is 6.35. The van der Waals surface area contributed by atoms with Crippen molar-refractivity contribution in [3.8, 4) is 17.2 Å². The third-order valence-electron chi connectivity index (χ3n) is 4.91. The molecule has 0 saturated heterocycles. The Labute approximate surface area is 208 Å². The maximum Gasteiger partial charge on any atom is 0.262 e. The minimum absolute atomic E-state index is 0.166. The van der Waals surface area contributed by atoms with Crippen LogP contribution in [0.4, 0.5) is 15.8 Å². The number of anilines is 2. The second kappa shape index (κ2) is 11.3. The highest BCUT2D eigenvalue weighted by molar-refractivity contribution is 7.92. The first-order valence-electron chi connectivity index (χ1n) is 10.3. The smallest absolute Gasteiger partial charge is 0.262 e. The van der Waals surface area contributed by atoms with Crippen molar-refractivity contribution in [3.05, 3.63) is 77.1 Å². The van der Waals surface area contributed by atoms with Gasteiger partial charge in [0.1, 0.15) is 23.1 Å². The molecule has 0 spiro atoms. The molecule has 11 heteroatoms. The lowest BCUT2D eigenvalue weighted by Crippen LogP contribution is -2.29. The molecule has 0 radical (unpaired) electrons. The maximum absolute atomic E-state index is 14.1. The molecule has 0 aliphatic heterocycles. The van der Waals surface area contributed by atoms with Gasteiger partial charge in [-0.05, 0) is 30.3 Å². The number of nitrogens with zero attached hydrogens (tertiary/aromatic N) is 1. The van der Waals surface area contributed by atoms with Gasteiger partial charge in [-0.3, -0.25) is 9.10 Å². The third kappa shape index (κ3) is 6.77. The van der Waals surface area contributed by atoms with Crippen LogP contribution < -0.4 is 23.8 Å². The summed E-state index contributed by atoms with van der Waals surface area (Å²) in [4.78, 5) is 12.4. The zero-order valence-electron chi connectivity index (χ0n) is 19.2. The molecule has 0 heterocycles. The maximum atomic E-state index is 14.1. The molecule has 1 amide bonds. The minimum Gasteiger partial charge on any atom is -0.495 e. The molecule has 0 saturated carbocycles. The van der Waals surface area contributed by atoms with Crippen LogP contribution in [0.2, 0.25) is 5.02 Å². The van der Waals surface area contributed by atoms with Gasteiger partial charge in [0, 0.05) is 17.7 Å². The topological polar surface area (TPSA) is 94.2 Å². The number of rotatable bonds is 10. The molecule has 8 nitrogen and oxygen atoms in total. The Hall–Kier alpha value is -3.50. The molecule has 0 unspecified atom stereocenters. The van der Waals surface area contributed by atoms with E-state index in [4.69, 9.17) is 25.8 Å². The van der Waals surface area contributed by atoms with Crippen molar-refractivity contribution in [1.29, 1.82) is 0 Å². The van der Waals surface area contributed by atoms with Crippen molar-refractivity contribution in [2.24, 2.45) is 0 Å². The largest absolute Gasteiger partial charge is 0.495 e. The summed E-state index contributed by atoms with van der Waals surface area (Å²) in [5.41, 5.74) is 0.921. The van der Waals surface area contributed by atoms with Gasteiger partial charge in [0.2, 0.25) is 10.0 Å². The number of hydrogen-bond acceptors (Lipinski definition) is 6. The van der Waals surface area contributed by atoms with E-state index in [0.29, 0.717) is 33.6 Å². The fourth-order valence-corrected chi connectivity index (χ4v) is 4.29. The Morgan fingerprint density at radius 2 is 1.69 bits per heavy atom. The van der Waals surface area contributed by atoms with Crippen molar-refractivity contribution < 1.29 is 31.8 Å². The average Bonchev–Trinajstić information content (AvgIpc) is 2.82. The number of nitrogens with one attached hydrogen (secondary N) is 1. The highest BCUT2D eigenvalue weighted by Gasteiger charge is 2.20. The summed E-state index contributed by atoms with van der Waals surface area (Å²) in [7, 11) is -0.797. The van der Waals surface area contributed by atoms with Crippen LogP contribution >= 0.6 is 11.6 Å². The van der Waals surface area contributed by atoms with Crippen molar-refractivity contribution in [2.45, 2.75) is 6.54 Å². The molecule has 1 N–H and O–H groups in total. The predicted molar refractivity (Wildman–Crippen MR) is 133 cm³/mol. The van der Waals surface area contributed by atoms with Gasteiger partial charge in [-0.2, -0.15) is 0 Å². The van der Waals surface area contributed by atoms with Gasteiger partial charge in [0.05, 0.1) is 43.4 Å². The zero-order chi connectivity index (χ0) is 25.6. The molecule has 0 aromatic heterocycles. The number of carbonyl (C=O) groups excluding carboxylic acids is 1. The number of hydrogen-bond donors (Lipinski definition) is 1. The quantitative estimate of drug-likeness (QED) is 0.422. The van der Waals surface area contributed by atoms with Gasteiger partial charge in [0.25, 0.3) is 5.91 Å². The lowest BCUT2D eigenvalue weighted by molar-refractivity contribution is -0.118. The fraction of sp³-hybridized carbons (Fsp3) is 0.208. The highest BCUT2D eigenvalue weighted by atomic mass is 35.5. The van der Waals surface area contributed by atoms with Crippen LogP contribution in [0, 0.1) is 5.82 Å². The molecular weight excluding hydrogens is 499 g/mol. The zero-order valence-corrected chi connectivity index (χ0v) is 20.8. The number of halogens is 2. The molecule has 0 atom stereocenters. The summed E-state index contributed by atoms with van der Waals surface area (Å²) in [6.07, 6.45) is 1.04. The van der Waals surface area contributed by atoms with Gasteiger partial charge in [-0.25, -0.2) is 12.8 Å². The summed E-state index contributed by atoms with van der Waals surface area (Å²) in [6, 6.07) is 15.1. The Kier molecular flexibility index (Phi) is 8.42. The summed E-state index contributed by atoms with van der Waals surface area (Å²) < 4.78 is 55.7. The van der Waals surface area contributed by atoms with E-state index in [1.54, 1.807) is 6.07 Å². The molecule has 0 fully saturated rings. The molecular formula is C24H24ClFN2O6S. The monoisotopic (exact) mass is 522 g/mol. The SMILES string of the molecule is COc1cc(NC(=O)COc2ccc(N(Cc3ccccc3F)S(C)(=O)=O)cc2)c(OC)cc1Cl. The summed E-state index contributed by atoms with van der Waals surface area (Å²) in [6.45, 7) is -0.487. The predicted octanol–water partition coefficient (Wildman–Crippen LogP) is 4.48.